The fourth-order valence-corrected chi connectivity index (χ4v) is 1.85. The van der Waals surface area contributed by atoms with Crippen LogP contribution in [0.3, 0.4) is 0 Å². The molecule has 0 atom stereocenters. The number of carbonyl (C=O) groups is 1. The number of anilines is 1. The first kappa shape index (κ1) is 14.5. The average molecular weight is 284 g/mol. The number of hydrogen-bond donors (Lipinski definition) is 1. The fraction of sp³-hybridized carbons (Fsp3) is 0.125. The molecule has 0 aliphatic carbocycles. The Morgan fingerprint density at radius 3 is 2.86 bits per heavy atom. The molecule has 2 rings (SSSR count). The molecule has 0 heterocycles. The van der Waals surface area contributed by atoms with E-state index < -0.39 is 11.8 Å². The molecule has 0 fully saturated rings. The van der Waals surface area contributed by atoms with Gasteiger partial charge < -0.3 is 10.1 Å². The van der Waals surface area contributed by atoms with Gasteiger partial charge in [0.25, 0.3) is 0 Å². The highest BCUT2D eigenvalue weighted by molar-refractivity contribution is 5.90. The highest BCUT2D eigenvalue weighted by Crippen LogP contribution is 2.14. The number of halogens is 1. The van der Waals surface area contributed by atoms with Crippen molar-refractivity contribution in [2.45, 2.75) is 6.54 Å². The topological polar surface area (TPSA) is 62.1 Å². The first-order valence-electron chi connectivity index (χ1n) is 6.25. The second-order valence-corrected chi connectivity index (χ2v) is 4.35. The number of ether oxygens (including phenoxy) is 1. The van der Waals surface area contributed by atoms with E-state index >= 15 is 0 Å². The molecule has 2 aromatic rings. The lowest BCUT2D eigenvalue weighted by Gasteiger charge is -2.08. The fourth-order valence-electron chi connectivity index (χ4n) is 1.85. The minimum Gasteiger partial charge on any atom is -0.465 e. The third-order valence-electron chi connectivity index (χ3n) is 2.93. The maximum atomic E-state index is 13.2. The molecule has 0 aromatic heterocycles. The summed E-state index contributed by atoms with van der Waals surface area (Å²) in [6, 6.07) is 13.0. The van der Waals surface area contributed by atoms with E-state index in [4.69, 9.17) is 5.26 Å². The largest absolute Gasteiger partial charge is 0.465 e. The standard InChI is InChI=1S/C16H13FN2O2/c1-21-16(20)12-3-2-4-14(8-12)19-10-11-5-6-15(17)13(7-11)9-18/h2-8,19H,10H2,1H3. The summed E-state index contributed by atoms with van der Waals surface area (Å²) in [5.74, 6) is -0.943. The van der Waals surface area contributed by atoms with E-state index in [2.05, 4.69) is 10.1 Å². The van der Waals surface area contributed by atoms with Crippen LogP contribution in [0.25, 0.3) is 0 Å². The van der Waals surface area contributed by atoms with Gasteiger partial charge in [0.05, 0.1) is 18.2 Å². The van der Waals surface area contributed by atoms with Gasteiger partial charge in [-0.1, -0.05) is 12.1 Å². The Labute approximate surface area is 121 Å². The lowest BCUT2D eigenvalue weighted by atomic mass is 10.1. The Kier molecular flexibility index (Phi) is 4.52. The molecule has 4 nitrogen and oxygen atoms in total. The van der Waals surface area contributed by atoms with Crippen LogP contribution < -0.4 is 5.32 Å². The number of nitrogens with one attached hydrogen (secondary N) is 1. The third kappa shape index (κ3) is 3.57. The Morgan fingerprint density at radius 1 is 1.33 bits per heavy atom. The van der Waals surface area contributed by atoms with Crippen molar-refractivity contribution in [3.63, 3.8) is 0 Å². The highest BCUT2D eigenvalue weighted by atomic mass is 19.1. The van der Waals surface area contributed by atoms with E-state index in [1.165, 1.54) is 19.2 Å². The zero-order chi connectivity index (χ0) is 15.2. The predicted octanol–water partition coefficient (Wildman–Crippen LogP) is 3.10. The van der Waals surface area contributed by atoms with Gasteiger partial charge in [-0.25, -0.2) is 9.18 Å². The van der Waals surface area contributed by atoms with Gasteiger partial charge in [-0.2, -0.15) is 5.26 Å². The number of methoxy groups -OCH3 is 1. The van der Waals surface area contributed by atoms with Crippen LogP contribution >= 0.6 is 0 Å². The normalized spacial score (nSPS) is 9.76. The Bertz CT molecular complexity index is 708. The maximum absolute atomic E-state index is 13.2. The summed E-state index contributed by atoms with van der Waals surface area (Å²) in [7, 11) is 1.32. The minimum atomic E-state index is -0.533. The molecule has 0 radical (unpaired) electrons. The first-order valence-corrected chi connectivity index (χ1v) is 6.25. The summed E-state index contributed by atoms with van der Waals surface area (Å²) in [4.78, 5) is 11.4. The molecule has 0 unspecified atom stereocenters. The monoisotopic (exact) mass is 284 g/mol. The van der Waals surface area contributed by atoms with Gasteiger partial charge in [0, 0.05) is 12.2 Å². The van der Waals surface area contributed by atoms with Gasteiger partial charge in [0.2, 0.25) is 0 Å². The van der Waals surface area contributed by atoms with Crippen molar-refractivity contribution in [2.24, 2.45) is 0 Å². The molecule has 0 spiro atoms. The SMILES string of the molecule is COC(=O)c1cccc(NCc2ccc(F)c(C#N)c2)c1. The van der Waals surface area contributed by atoms with Gasteiger partial charge in [-0.05, 0) is 35.9 Å². The summed E-state index contributed by atoms with van der Waals surface area (Å²) >= 11 is 0. The molecule has 5 heteroatoms. The average Bonchev–Trinajstić information content (AvgIpc) is 2.53. The van der Waals surface area contributed by atoms with Crippen molar-refractivity contribution in [3.8, 4) is 6.07 Å². The lowest BCUT2D eigenvalue weighted by Crippen LogP contribution is -2.04. The molecule has 0 saturated carbocycles. The van der Waals surface area contributed by atoms with Crippen molar-refractivity contribution >= 4 is 11.7 Å². The van der Waals surface area contributed by atoms with Gasteiger partial charge >= 0.3 is 5.97 Å². The summed E-state index contributed by atoms with van der Waals surface area (Å²) in [6.45, 7) is 0.416. The molecule has 1 N–H and O–H groups in total. The van der Waals surface area contributed by atoms with Crippen LogP contribution in [0.15, 0.2) is 42.5 Å². The molecule has 21 heavy (non-hydrogen) atoms. The van der Waals surface area contributed by atoms with Crippen molar-refractivity contribution in [1.82, 2.24) is 0 Å². The zero-order valence-electron chi connectivity index (χ0n) is 11.4. The smallest absolute Gasteiger partial charge is 0.337 e. The van der Waals surface area contributed by atoms with Crippen molar-refractivity contribution < 1.29 is 13.9 Å². The molecule has 0 aliphatic rings. The molecular formula is C16H13FN2O2. The van der Waals surface area contributed by atoms with E-state index in [-0.39, 0.29) is 5.56 Å². The second-order valence-electron chi connectivity index (χ2n) is 4.35. The van der Waals surface area contributed by atoms with Crippen molar-refractivity contribution in [1.29, 1.82) is 5.26 Å². The van der Waals surface area contributed by atoms with Crippen LogP contribution in [0.5, 0.6) is 0 Å². The number of benzene rings is 2. The molecule has 0 aliphatic heterocycles. The minimum absolute atomic E-state index is 0.0117. The number of carbonyl (C=O) groups excluding carboxylic acids is 1. The van der Waals surface area contributed by atoms with Crippen LogP contribution in [0.4, 0.5) is 10.1 Å². The second kappa shape index (κ2) is 6.53. The molecule has 2 aromatic carbocycles. The predicted molar refractivity (Wildman–Crippen MR) is 76.2 cm³/mol. The summed E-state index contributed by atoms with van der Waals surface area (Å²) in [6.07, 6.45) is 0. The Hall–Kier alpha value is -2.87. The zero-order valence-corrected chi connectivity index (χ0v) is 11.4. The van der Waals surface area contributed by atoms with Gasteiger partial charge in [-0.3, -0.25) is 0 Å². The van der Waals surface area contributed by atoms with E-state index in [1.54, 1.807) is 36.4 Å². The summed E-state index contributed by atoms with van der Waals surface area (Å²) < 4.78 is 17.9. The number of nitrogens with zero attached hydrogens (tertiary/aromatic N) is 1. The Morgan fingerprint density at radius 2 is 2.14 bits per heavy atom. The quantitative estimate of drug-likeness (QED) is 0.876. The molecular weight excluding hydrogens is 271 g/mol. The van der Waals surface area contributed by atoms with E-state index in [9.17, 15) is 9.18 Å². The molecule has 0 amide bonds. The van der Waals surface area contributed by atoms with Gasteiger partial charge in [0.15, 0.2) is 0 Å². The summed E-state index contributed by atoms with van der Waals surface area (Å²) in [5.41, 5.74) is 1.97. The van der Waals surface area contributed by atoms with Crippen molar-refractivity contribution in [3.05, 3.63) is 65.0 Å². The number of hydrogen-bond acceptors (Lipinski definition) is 4. The molecule has 0 bridgehead atoms. The van der Waals surface area contributed by atoms with Crippen LogP contribution in [0.2, 0.25) is 0 Å². The van der Waals surface area contributed by atoms with Crippen LogP contribution in [0.1, 0.15) is 21.5 Å². The van der Waals surface area contributed by atoms with Crippen molar-refractivity contribution in [2.75, 3.05) is 12.4 Å². The maximum Gasteiger partial charge on any atom is 0.337 e. The van der Waals surface area contributed by atoms with Gasteiger partial charge in [-0.15, -0.1) is 0 Å². The first-order chi connectivity index (χ1) is 10.1. The number of esters is 1. The number of nitriles is 1. The summed E-state index contributed by atoms with van der Waals surface area (Å²) in [5, 5.41) is 11.9. The van der Waals surface area contributed by atoms with E-state index in [0.29, 0.717) is 12.1 Å². The molecule has 106 valence electrons. The van der Waals surface area contributed by atoms with E-state index in [1.807, 2.05) is 0 Å². The third-order valence-corrected chi connectivity index (χ3v) is 2.93. The molecule has 0 saturated heterocycles. The van der Waals surface area contributed by atoms with E-state index in [0.717, 1.165) is 11.3 Å². The van der Waals surface area contributed by atoms with Crippen LogP contribution in [0, 0.1) is 17.1 Å². The Balaban J connectivity index is 2.10. The lowest BCUT2D eigenvalue weighted by molar-refractivity contribution is 0.0601. The van der Waals surface area contributed by atoms with Gasteiger partial charge in [0.1, 0.15) is 11.9 Å². The van der Waals surface area contributed by atoms with Crippen LogP contribution in [-0.4, -0.2) is 13.1 Å². The highest BCUT2D eigenvalue weighted by Gasteiger charge is 2.06. The number of rotatable bonds is 4. The van der Waals surface area contributed by atoms with Crippen LogP contribution in [-0.2, 0) is 11.3 Å².